The van der Waals surface area contributed by atoms with Crippen LogP contribution in [0.25, 0.3) is 0 Å². The average Bonchev–Trinajstić information content (AvgIpc) is 2.36. The van der Waals surface area contributed by atoms with Crippen LogP contribution in [-0.2, 0) is 6.42 Å². The first-order valence-corrected chi connectivity index (χ1v) is 7.30. The first kappa shape index (κ1) is 19.3. The third-order valence-corrected chi connectivity index (χ3v) is 2.46. The molecule has 1 aromatic rings. The quantitative estimate of drug-likeness (QED) is 0.546. The van der Waals surface area contributed by atoms with E-state index < -0.39 is 0 Å². The smallest absolute Gasteiger partial charge is 0.00700 e. The normalized spacial score (nSPS) is 8.56. The molecule has 0 aliphatic carbocycles. The molecule has 1 rings (SSSR count). The van der Waals surface area contributed by atoms with E-state index in [-0.39, 0.29) is 0 Å². The van der Waals surface area contributed by atoms with E-state index in [1.165, 1.54) is 36.0 Å². The number of benzene rings is 1. The Balaban J connectivity index is 0. The maximum absolute atomic E-state index is 3.89. The minimum atomic E-state index is 1.01. The van der Waals surface area contributed by atoms with Crippen molar-refractivity contribution in [3.8, 4) is 0 Å². The highest BCUT2D eigenvalue weighted by Gasteiger charge is 1.95. The summed E-state index contributed by atoms with van der Waals surface area (Å²) in [5, 5.41) is 0. The summed E-state index contributed by atoms with van der Waals surface area (Å²) in [7, 11) is 0. The summed E-state index contributed by atoms with van der Waals surface area (Å²) in [6, 6.07) is 8.44. The van der Waals surface area contributed by atoms with Crippen molar-refractivity contribution in [3.05, 3.63) is 47.5 Å². The summed E-state index contributed by atoms with van der Waals surface area (Å²) in [6.45, 7) is 16.5. The van der Waals surface area contributed by atoms with Crippen LogP contribution in [0.5, 0.6) is 0 Å². The fourth-order valence-electron chi connectivity index (χ4n) is 1.49. The second-order valence-electron chi connectivity index (χ2n) is 4.41. The summed E-state index contributed by atoms with van der Waals surface area (Å²) < 4.78 is 0. The Kier molecular flexibility index (Phi) is 15.0. The van der Waals surface area contributed by atoms with Crippen molar-refractivity contribution in [1.29, 1.82) is 0 Å². The van der Waals surface area contributed by atoms with Gasteiger partial charge in [0, 0.05) is 0 Å². The average molecular weight is 248 g/mol. The van der Waals surface area contributed by atoms with Gasteiger partial charge in [-0.2, -0.15) is 0 Å². The second-order valence-corrected chi connectivity index (χ2v) is 4.41. The Morgan fingerprint density at radius 1 is 1.06 bits per heavy atom. The molecular weight excluding hydrogens is 216 g/mol. The zero-order chi connectivity index (χ0) is 14.4. The summed E-state index contributed by atoms with van der Waals surface area (Å²) in [4.78, 5) is 0. The van der Waals surface area contributed by atoms with Crippen LogP contribution in [0.3, 0.4) is 0 Å². The second kappa shape index (κ2) is 14.0. The molecule has 0 heteroatoms. The predicted molar refractivity (Wildman–Crippen MR) is 86.2 cm³/mol. The Labute approximate surface area is 115 Å². The topological polar surface area (TPSA) is 0 Å². The number of allylic oxidation sites excluding steroid dienone is 1. The van der Waals surface area contributed by atoms with Crippen molar-refractivity contribution < 1.29 is 0 Å². The Morgan fingerprint density at radius 2 is 1.56 bits per heavy atom. The predicted octanol–water partition coefficient (Wildman–Crippen LogP) is 6.34. The number of rotatable bonds is 4. The van der Waals surface area contributed by atoms with E-state index >= 15 is 0 Å². The molecule has 0 saturated carbocycles. The monoisotopic (exact) mass is 248 g/mol. The van der Waals surface area contributed by atoms with E-state index in [9.17, 15) is 0 Å². The Bertz CT molecular complexity index is 295. The van der Waals surface area contributed by atoms with Gasteiger partial charge in [-0.3, -0.25) is 0 Å². The summed E-state index contributed by atoms with van der Waals surface area (Å²) in [6.07, 6.45) is 5.08. The first-order valence-electron chi connectivity index (χ1n) is 7.30. The van der Waals surface area contributed by atoms with Crippen LogP contribution in [0.15, 0.2) is 36.4 Å². The number of unbranched alkanes of at least 4 members (excludes halogenated alkanes) is 2. The molecule has 0 aliphatic heterocycles. The molecule has 0 nitrogen and oxygen atoms in total. The Morgan fingerprint density at radius 3 is 1.89 bits per heavy atom. The van der Waals surface area contributed by atoms with Crippen molar-refractivity contribution in [2.24, 2.45) is 0 Å². The summed E-state index contributed by atoms with van der Waals surface area (Å²) in [5.74, 6) is 0. The van der Waals surface area contributed by atoms with E-state index in [0.717, 1.165) is 6.42 Å². The number of aryl methyl sites for hydroxylation is 1. The van der Waals surface area contributed by atoms with Gasteiger partial charge >= 0.3 is 0 Å². The molecule has 0 spiro atoms. The lowest BCUT2D eigenvalue weighted by Gasteiger charge is -2.03. The molecule has 0 unspecified atom stereocenters. The fraction of sp³-hybridized carbons (Fsp3) is 0.556. The van der Waals surface area contributed by atoms with Crippen LogP contribution in [-0.4, -0.2) is 0 Å². The van der Waals surface area contributed by atoms with Gasteiger partial charge in [0.1, 0.15) is 0 Å². The van der Waals surface area contributed by atoms with E-state index in [1.54, 1.807) is 0 Å². The van der Waals surface area contributed by atoms with Crippen LogP contribution in [0.2, 0.25) is 0 Å². The number of hydrogen-bond acceptors (Lipinski definition) is 0. The highest BCUT2D eigenvalue weighted by Crippen LogP contribution is 2.10. The molecule has 0 radical (unpaired) electrons. The van der Waals surface area contributed by atoms with Crippen molar-refractivity contribution >= 4 is 0 Å². The van der Waals surface area contributed by atoms with Crippen LogP contribution in [0, 0.1) is 6.92 Å². The van der Waals surface area contributed by atoms with Crippen LogP contribution in [0.1, 0.15) is 65.0 Å². The third kappa shape index (κ3) is 11.4. The molecule has 0 aliphatic rings. The zero-order valence-corrected chi connectivity index (χ0v) is 13.3. The van der Waals surface area contributed by atoms with Gasteiger partial charge in [0.25, 0.3) is 0 Å². The highest BCUT2D eigenvalue weighted by molar-refractivity contribution is 5.28. The molecule has 1 aromatic carbocycles. The molecule has 0 atom stereocenters. The van der Waals surface area contributed by atoms with Gasteiger partial charge in [0.05, 0.1) is 0 Å². The minimum absolute atomic E-state index is 1.01. The molecule has 0 amide bonds. The largest absolute Gasteiger partial charge is 0.0998 e. The molecule has 0 aromatic heterocycles. The Hall–Kier alpha value is -1.04. The molecular formula is C18H32. The minimum Gasteiger partial charge on any atom is -0.0998 e. The standard InChI is InChI=1S/C11H14.C5H12.C2H6/c1-9(2)8-11-7-5-4-6-10(11)3;1-3-5-4-2;1-2/h4-7H,1,8H2,2-3H3;3-5H2,1-2H3;1-2H3. The van der Waals surface area contributed by atoms with Gasteiger partial charge in [0.2, 0.25) is 0 Å². The highest BCUT2D eigenvalue weighted by atomic mass is 14.0. The molecule has 0 fully saturated rings. The molecule has 18 heavy (non-hydrogen) atoms. The van der Waals surface area contributed by atoms with Crippen molar-refractivity contribution in [1.82, 2.24) is 0 Å². The first-order chi connectivity index (χ1) is 8.61. The molecule has 0 bridgehead atoms. The molecule has 0 heterocycles. The maximum Gasteiger partial charge on any atom is -0.00700 e. The lowest BCUT2D eigenvalue weighted by Crippen LogP contribution is -1.88. The summed E-state index contributed by atoms with van der Waals surface area (Å²) >= 11 is 0. The fourth-order valence-corrected chi connectivity index (χ4v) is 1.49. The van der Waals surface area contributed by atoms with Crippen LogP contribution >= 0.6 is 0 Å². The van der Waals surface area contributed by atoms with Crippen molar-refractivity contribution in [2.45, 2.75) is 67.2 Å². The van der Waals surface area contributed by atoms with Gasteiger partial charge < -0.3 is 0 Å². The zero-order valence-electron chi connectivity index (χ0n) is 13.3. The van der Waals surface area contributed by atoms with Gasteiger partial charge in [0.15, 0.2) is 0 Å². The number of hydrogen-bond donors (Lipinski definition) is 0. The van der Waals surface area contributed by atoms with Crippen LogP contribution < -0.4 is 0 Å². The van der Waals surface area contributed by atoms with Crippen molar-refractivity contribution in [3.63, 3.8) is 0 Å². The molecule has 0 saturated heterocycles. The van der Waals surface area contributed by atoms with Gasteiger partial charge in [-0.1, -0.05) is 83.4 Å². The molecule has 0 N–H and O–H groups in total. The summed E-state index contributed by atoms with van der Waals surface area (Å²) in [5.41, 5.74) is 3.97. The van der Waals surface area contributed by atoms with E-state index in [1.807, 2.05) is 13.8 Å². The SMILES string of the molecule is C=C(C)Cc1ccccc1C.CC.CCCCC. The van der Waals surface area contributed by atoms with Gasteiger partial charge in [-0.05, 0) is 31.4 Å². The van der Waals surface area contributed by atoms with Crippen LogP contribution in [0.4, 0.5) is 0 Å². The third-order valence-electron chi connectivity index (χ3n) is 2.46. The van der Waals surface area contributed by atoms with Crippen molar-refractivity contribution in [2.75, 3.05) is 0 Å². The van der Waals surface area contributed by atoms with E-state index in [4.69, 9.17) is 0 Å². The van der Waals surface area contributed by atoms with E-state index in [2.05, 4.69) is 58.5 Å². The lowest BCUT2D eigenvalue weighted by atomic mass is 10.0. The van der Waals surface area contributed by atoms with E-state index in [0.29, 0.717) is 0 Å². The molecule has 104 valence electrons. The van der Waals surface area contributed by atoms with Gasteiger partial charge in [-0.15, -0.1) is 0 Å². The maximum atomic E-state index is 3.89. The van der Waals surface area contributed by atoms with Gasteiger partial charge in [-0.25, -0.2) is 0 Å². The lowest BCUT2D eigenvalue weighted by molar-refractivity contribution is 0.772.